The van der Waals surface area contributed by atoms with E-state index in [0.717, 1.165) is 40.5 Å². The Kier molecular flexibility index (Phi) is 6.04. The number of alkyl halides is 3. The van der Waals surface area contributed by atoms with Crippen LogP contribution < -0.4 is 4.72 Å². The van der Waals surface area contributed by atoms with Crippen molar-refractivity contribution < 1.29 is 21.6 Å². The van der Waals surface area contributed by atoms with Crippen LogP contribution in [-0.4, -0.2) is 19.9 Å². The van der Waals surface area contributed by atoms with Crippen molar-refractivity contribution in [2.75, 3.05) is 6.54 Å². The van der Waals surface area contributed by atoms with Crippen LogP contribution in [-0.2, 0) is 22.6 Å². The summed E-state index contributed by atoms with van der Waals surface area (Å²) in [6.07, 6.45) is -0.955. The molecular weight excluding hydrogens is 401 g/mol. The van der Waals surface area contributed by atoms with Crippen molar-refractivity contribution >= 4 is 10.0 Å². The van der Waals surface area contributed by atoms with Crippen molar-refractivity contribution in [1.82, 2.24) is 9.71 Å². The minimum absolute atomic E-state index is 0.0205. The summed E-state index contributed by atoms with van der Waals surface area (Å²) >= 11 is 0. The number of hydrogen-bond acceptors (Lipinski definition) is 3. The number of halogens is 3. The lowest BCUT2D eigenvalue weighted by Crippen LogP contribution is -2.28. The van der Waals surface area contributed by atoms with E-state index in [9.17, 15) is 21.6 Å². The second kappa shape index (κ2) is 8.34. The summed E-state index contributed by atoms with van der Waals surface area (Å²) in [7, 11) is -4.29. The van der Waals surface area contributed by atoms with Crippen LogP contribution in [0.25, 0.3) is 11.1 Å². The first-order valence-electron chi connectivity index (χ1n) is 8.84. The van der Waals surface area contributed by atoms with Crippen LogP contribution in [0.2, 0.25) is 0 Å². The van der Waals surface area contributed by atoms with Gasteiger partial charge in [0.25, 0.3) is 0 Å². The molecule has 1 heterocycles. The highest BCUT2D eigenvalue weighted by Gasteiger charge is 2.36. The van der Waals surface area contributed by atoms with E-state index < -0.39 is 26.7 Å². The van der Waals surface area contributed by atoms with E-state index in [1.807, 2.05) is 37.3 Å². The molecule has 3 aromatic rings. The average molecular weight is 420 g/mol. The zero-order valence-corrected chi connectivity index (χ0v) is 16.4. The number of nitrogens with one attached hydrogen (secondary N) is 1. The third kappa shape index (κ3) is 5.02. The molecule has 0 atom stereocenters. The number of benzene rings is 2. The third-order valence-electron chi connectivity index (χ3n) is 4.45. The predicted octanol–water partition coefficient (Wildman–Crippen LogP) is 4.60. The highest BCUT2D eigenvalue weighted by atomic mass is 32.2. The Labute approximate surface area is 167 Å². The van der Waals surface area contributed by atoms with Crippen LogP contribution in [0.4, 0.5) is 13.2 Å². The number of hydrogen-bond donors (Lipinski definition) is 1. The van der Waals surface area contributed by atoms with Crippen molar-refractivity contribution in [2.45, 2.75) is 24.4 Å². The summed E-state index contributed by atoms with van der Waals surface area (Å²) in [6.45, 7) is 1.93. The lowest BCUT2D eigenvalue weighted by atomic mass is 10.00. The zero-order valence-electron chi connectivity index (χ0n) is 15.6. The Morgan fingerprint density at radius 3 is 2.52 bits per heavy atom. The molecule has 29 heavy (non-hydrogen) atoms. The minimum atomic E-state index is -4.75. The van der Waals surface area contributed by atoms with Gasteiger partial charge in [-0.15, -0.1) is 0 Å². The fourth-order valence-corrected chi connectivity index (χ4v) is 4.29. The molecular formula is C21H19F3N2O2S. The Hall–Kier alpha value is -2.71. The molecule has 152 valence electrons. The van der Waals surface area contributed by atoms with Crippen molar-refractivity contribution in [3.63, 3.8) is 0 Å². The van der Waals surface area contributed by atoms with E-state index in [2.05, 4.69) is 9.71 Å². The molecule has 0 aliphatic carbocycles. The van der Waals surface area contributed by atoms with E-state index in [1.54, 1.807) is 12.4 Å². The van der Waals surface area contributed by atoms with Crippen molar-refractivity contribution in [2.24, 2.45) is 0 Å². The smallest absolute Gasteiger partial charge is 0.264 e. The molecule has 0 fully saturated rings. The van der Waals surface area contributed by atoms with Gasteiger partial charge in [0.2, 0.25) is 10.0 Å². The van der Waals surface area contributed by atoms with Gasteiger partial charge >= 0.3 is 6.18 Å². The zero-order chi connectivity index (χ0) is 21.1. The monoisotopic (exact) mass is 420 g/mol. The minimum Gasteiger partial charge on any atom is -0.264 e. The average Bonchev–Trinajstić information content (AvgIpc) is 2.68. The summed E-state index contributed by atoms with van der Waals surface area (Å²) in [4.78, 5) is 3.30. The molecule has 3 rings (SSSR count). The van der Waals surface area contributed by atoms with Gasteiger partial charge in [-0.05, 0) is 53.8 Å². The second-order valence-corrected chi connectivity index (χ2v) is 8.27. The summed E-state index contributed by atoms with van der Waals surface area (Å²) in [6, 6.07) is 13.6. The third-order valence-corrected chi connectivity index (χ3v) is 5.97. The van der Waals surface area contributed by atoms with Gasteiger partial charge in [0.05, 0.1) is 10.5 Å². The molecule has 4 nitrogen and oxygen atoms in total. The van der Waals surface area contributed by atoms with Gasteiger partial charge in [0, 0.05) is 18.9 Å². The molecule has 0 amide bonds. The first-order valence-corrected chi connectivity index (χ1v) is 10.3. The summed E-state index contributed by atoms with van der Waals surface area (Å²) < 4.78 is 66.4. The SMILES string of the molecule is Cc1cnccc1-c1cccc(CCNS(=O)(=O)c2ccccc2C(F)(F)F)c1. The molecule has 8 heteroatoms. The van der Waals surface area contributed by atoms with Crippen molar-refractivity contribution in [1.29, 1.82) is 0 Å². The van der Waals surface area contributed by atoms with E-state index in [-0.39, 0.29) is 6.54 Å². The molecule has 0 saturated heterocycles. The van der Waals surface area contributed by atoms with Crippen LogP contribution in [0.1, 0.15) is 16.7 Å². The molecule has 0 aliphatic heterocycles. The van der Waals surface area contributed by atoms with Crippen LogP contribution in [0.5, 0.6) is 0 Å². The highest BCUT2D eigenvalue weighted by molar-refractivity contribution is 7.89. The maximum absolute atomic E-state index is 13.1. The first kappa shape index (κ1) is 21.0. The van der Waals surface area contributed by atoms with Crippen LogP contribution in [0.3, 0.4) is 0 Å². The maximum Gasteiger partial charge on any atom is 0.417 e. The number of rotatable bonds is 6. The van der Waals surface area contributed by atoms with E-state index in [0.29, 0.717) is 6.42 Å². The first-order chi connectivity index (χ1) is 13.7. The van der Waals surface area contributed by atoms with Gasteiger partial charge in [-0.3, -0.25) is 4.98 Å². The van der Waals surface area contributed by atoms with Gasteiger partial charge in [0.1, 0.15) is 0 Å². The molecule has 0 radical (unpaired) electrons. The summed E-state index contributed by atoms with van der Waals surface area (Å²) in [5, 5.41) is 0. The van der Waals surface area contributed by atoms with Crippen molar-refractivity contribution in [3.8, 4) is 11.1 Å². The molecule has 0 saturated carbocycles. The maximum atomic E-state index is 13.1. The Morgan fingerprint density at radius 2 is 1.79 bits per heavy atom. The quantitative estimate of drug-likeness (QED) is 0.634. The van der Waals surface area contributed by atoms with E-state index in [4.69, 9.17) is 0 Å². The Balaban J connectivity index is 1.74. The van der Waals surface area contributed by atoms with Crippen molar-refractivity contribution in [3.05, 3.63) is 83.7 Å². The van der Waals surface area contributed by atoms with Gasteiger partial charge < -0.3 is 0 Å². The lowest BCUT2D eigenvalue weighted by Gasteiger charge is -2.14. The second-order valence-electron chi connectivity index (χ2n) is 6.53. The van der Waals surface area contributed by atoms with E-state index >= 15 is 0 Å². The highest BCUT2D eigenvalue weighted by Crippen LogP contribution is 2.33. The fourth-order valence-electron chi connectivity index (χ4n) is 3.03. The van der Waals surface area contributed by atoms with E-state index in [1.165, 1.54) is 6.07 Å². The molecule has 0 bridgehead atoms. The molecule has 1 N–H and O–H groups in total. The number of sulfonamides is 1. The molecule has 0 spiro atoms. The standard InChI is InChI=1S/C21H19F3N2O2S/c1-15-14-25-11-10-18(15)17-6-4-5-16(13-17)9-12-26-29(27,28)20-8-3-2-7-19(20)21(22,23)24/h2-8,10-11,13-14,26H,9,12H2,1H3. The normalized spacial score (nSPS) is 12.1. The van der Waals surface area contributed by atoms with Crippen LogP contribution >= 0.6 is 0 Å². The summed E-state index contributed by atoms with van der Waals surface area (Å²) in [5.74, 6) is 0. The Morgan fingerprint density at radius 1 is 1.03 bits per heavy atom. The fraction of sp³-hybridized carbons (Fsp3) is 0.190. The van der Waals surface area contributed by atoms with Gasteiger partial charge in [0.15, 0.2) is 0 Å². The van der Waals surface area contributed by atoms with Gasteiger partial charge in [-0.2, -0.15) is 13.2 Å². The molecule has 1 aromatic heterocycles. The molecule has 2 aromatic carbocycles. The Bertz CT molecular complexity index is 1110. The van der Waals surface area contributed by atoms with Gasteiger partial charge in [-0.1, -0.05) is 36.4 Å². The topological polar surface area (TPSA) is 59.1 Å². The number of aromatic nitrogens is 1. The number of nitrogens with zero attached hydrogens (tertiary/aromatic N) is 1. The molecule has 0 aliphatic rings. The van der Waals surface area contributed by atoms with Crippen LogP contribution in [0, 0.1) is 6.92 Å². The van der Waals surface area contributed by atoms with Crippen LogP contribution in [0.15, 0.2) is 71.9 Å². The predicted molar refractivity (Wildman–Crippen MR) is 105 cm³/mol. The lowest BCUT2D eigenvalue weighted by molar-refractivity contribution is -0.139. The largest absolute Gasteiger partial charge is 0.417 e. The molecule has 0 unspecified atom stereocenters. The van der Waals surface area contributed by atoms with Gasteiger partial charge in [-0.25, -0.2) is 13.1 Å². The summed E-state index contributed by atoms with van der Waals surface area (Å²) in [5.41, 5.74) is 2.68. The number of aryl methyl sites for hydroxylation is 1. The number of pyridine rings is 1.